The molecular formula is C13H14N4S. The number of aryl methyl sites for hydroxylation is 2. The van der Waals surface area contributed by atoms with Crippen molar-refractivity contribution in [3.05, 3.63) is 47.9 Å². The van der Waals surface area contributed by atoms with Crippen molar-refractivity contribution in [3.63, 3.8) is 0 Å². The molecule has 2 rings (SSSR count). The molecule has 0 radical (unpaired) electrons. The Morgan fingerprint density at radius 3 is 2.72 bits per heavy atom. The van der Waals surface area contributed by atoms with E-state index in [1.807, 2.05) is 38.1 Å². The van der Waals surface area contributed by atoms with Crippen LogP contribution in [0.25, 0.3) is 0 Å². The third-order valence-electron chi connectivity index (χ3n) is 2.26. The van der Waals surface area contributed by atoms with Crippen molar-refractivity contribution in [3.8, 4) is 0 Å². The summed E-state index contributed by atoms with van der Waals surface area (Å²) in [5.74, 6) is 0.744. The van der Waals surface area contributed by atoms with Gasteiger partial charge in [-0.05, 0) is 55.9 Å². The van der Waals surface area contributed by atoms with Gasteiger partial charge >= 0.3 is 0 Å². The largest absolute Gasteiger partial charge is 0.331 e. The zero-order chi connectivity index (χ0) is 13.0. The monoisotopic (exact) mass is 258 g/mol. The van der Waals surface area contributed by atoms with Crippen molar-refractivity contribution >= 4 is 28.8 Å². The highest BCUT2D eigenvalue weighted by molar-refractivity contribution is 7.80. The summed E-state index contributed by atoms with van der Waals surface area (Å²) >= 11 is 5.21. The smallest absolute Gasteiger partial charge is 0.176 e. The number of thiocarbonyl (C=S) groups is 1. The van der Waals surface area contributed by atoms with Crippen LogP contribution in [0.2, 0.25) is 0 Å². The Balaban J connectivity index is 2.03. The van der Waals surface area contributed by atoms with Gasteiger partial charge in [-0.15, -0.1) is 0 Å². The molecule has 2 aromatic rings. The molecule has 2 heterocycles. The molecule has 4 nitrogen and oxygen atoms in total. The Hall–Kier alpha value is -2.01. The first-order chi connectivity index (χ1) is 8.63. The van der Waals surface area contributed by atoms with E-state index in [1.54, 1.807) is 12.4 Å². The van der Waals surface area contributed by atoms with Gasteiger partial charge in [0.2, 0.25) is 0 Å². The van der Waals surface area contributed by atoms with Crippen molar-refractivity contribution in [2.45, 2.75) is 13.8 Å². The number of anilines is 2. The van der Waals surface area contributed by atoms with Crippen LogP contribution in [-0.4, -0.2) is 15.1 Å². The first-order valence-corrected chi connectivity index (χ1v) is 5.97. The van der Waals surface area contributed by atoms with Gasteiger partial charge in [-0.1, -0.05) is 0 Å². The van der Waals surface area contributed by atoms with E-state index in [0.29, 0.717) is 5.11 Å². The minimum atomic E-state index is 0.500. The van der Waals surface area contributed by atoms with Crippen molar-refractivity contribution < 1.29 is 0 Å². The average Bonchev–Trinajstić information content (AvgIpc) is 2.28. The second-order valence-corrected chi connectivity index (χ2v) is 4.40. The van der Waals surface area contributed by atoms with E-state index < -0.39 is 0 Å². The summed E-state index contributed by atoms with van der Waals surface area (Å²) in [4.78, 5) is 8.37. The van der Waals surface area contributed by atoms with Crippen molar-refractivity contribution in [2.75, 3.05) is 10.6 Å². The maximum absolute atomic E-state index is 5.21. The fraction of sp³-hybridized carbons (Fsp3) is 0.154. The van der Waals surface area contributed by atoms with E-state index in [-0.39, 0.29) is 0 Å². The number of aromatic nitrogens is 2. The van der Waals surface area contributed by atoms with Crippen molar-refractivity contribution in [1.82, 2.24) is 9.97 Å². The van der Waals surface area contributed by atoms with Gasteiger partial charge in [-0.2, -0.15) is 0 Å². The summed E-state index contributed by atoms with van der Waals surface area (Å²) in [6.07, 6.45) is 3.43. The fourth-order valence-electron chi connectivity index (χ4n) is 1.62. The number of hydrogen-bond donors (Lipinski definition) is 2. The Morgan fingerprint density at radius 1 is 1.22 bits per heavy atom. The summed E-state index contributed by atoms with van der Waals surface area (Å²) in [7, 11) is 0. The highest BCUT2D eigenvalue weighted by Gasteiger charge is 2.01. The number of rotatable bonds is 2. The Bertz CT molecular complexity index is 534. The van der Waals surface area contributed by atoms with E-state index in [2.05, 4.69) is 20.6 Å². The molecule has 0 aromatic carbocycles. The number of nitrogens with zero attached hydrogens (tertiary/aromatic N) is 2. The molecule has 18 heavy (non-hydrogen) atoms. The maximum Gasteiger partial charge on any atom is 0.176 e. The van der Waals surface area contributed by atoms with Gasteiger partial charge in [0.15, 0.2) is 5.11 Å². The second kappa shape index (κ2) is 5.55. The van der Waals surface area contributed by atoms with E-state index in [9.17, 15) is 0 Å². The summed E-state index contributed by atoms with van der Waals surface area (Å²) in [6.45, 7) is 3.98. The predicted molar refractivity (Wildman–Crippen MR) is 77.8 cm³/mol. The van der Waals surface area contributed by atoms with Gasteiger partial charge in [0.05, 0.1) is 11.9 Å². The molecule has 0 unspecified atom stereocenters. The highest BCUT2D eigenvalue weighted by atomic mass is 32.1. The topological polar surface area (TPSA) is 49.8 Å². The predicted octanol–water partition coefficient (Wildman–Crippen LogP) is 2.90. The minimum absolute atomic E-state index is 0.500. The van der Waals surface area contributed by atoms with Crippen LogP contribution < -0.4 is 10.6 Å². The number of nitrogens with one attached hydrogen (secondary N) is 2. The van der Waals surface area contributed by atoms with Gasteiger partial charge < -0.3 is 10.6 Å². The van der Waals surface area contributed by atoms with Crippen LogP contribution in [0.3, 0.4) is 0 Å². The molecule has 0 aliphatic rings. The quantitative estimate of drug-likeness (QED) is 0.811. The van der Waals surface area contributed by atoms with Crippen LogP contribution in [0, 0.1) is 13.8 Å². The molecule has 0 fully saturated rings. The molecule has 5 heteroatoms. The molecule has 0 amide bonds. The van der Waals surface area contributed by atoms with Crippen LogP contribution >= 0.6 is 12.2 Å². The molecule has 0 spiro atoms. The highest BCUT2D eigenvalue weighted by Crippen LogP contribution is 2.10. The molecule has 92 valence electrons. The molecule has 0 atom stereocenters. The number of pyridine rings is 2. The molecule has 2 N–H and O–H groups in total. The lowest BCUT2D eigenvalue weighted by molar-refractivity contribution is 1.18. The zero-order valence-corrected chi connectivity index (χ0v) is 11.1. The summed E-state index contributed by atoms with van der Waals surface area (Å²) in [6, 6.07) is 7.71. The van der Waals surface area contributed by atoms with Crippen molar-refractivity contribution in [1.29, 1.82) is 0 Å². The Labute approximate surface area is 111 Å². The Morgan fingerprint density at radius 2 is 2.06 bits per heavy atom. The average molecular weight is 258 g/mol. The van der Waals surface area contributed by atoms with Gasteiger partial charge in [-0.25, -0.2) is 4.98 Å². The summed E-state index contributed by atoms with van der Waals surface area (Å²) < 4.78 is 0. The number of hydrogen-bond acceptors (Lipinski definition) is 3. The lowest BCUT2D eigenvalue weighted by Gasteiger charge is -2.10. The third kappa shape index (κ3) is 3.49. The standard InChI is InChI=1S/C13H14N4S/c1-9-6-10(2)15-12(7-9)17-13(18)16-11-4-3-5-14-8-11/h3-8H,1-2H3,(H2,15,16,17,18). The lowest BCUT2D eigenvalue weighted by Crippen LogP contribution is -2.20. The van der Waals surface area contributed by atoms with Crippen LogP contribution in [-0.2, 0) is 0 Å². The van der Waals surface area contributed by atoms with Gasteiger partial charge in [0, 0.05) is 11.9 Å². The first-order valence-electron chi connectivity index (χ1n) is 5.57. The van der Waals surface area contributed by atoms with Gasteiger partial charge in [-0.3, -0.25) is 4.98 Å². The second-order valence-electron chi connectivity index (χ2n) is 3.99. The van der Waals surface area contributed by atoms with E-state index in [1.165, 1.54) is 0 Å². The van der Waals surface area contributed by atoms with Crippen LogP contribution in [0.5, 0.6) is 0 Å². The van der Waals surface area contributed by atoms with Gasteiger partial charge in [0.25, 0.3) is 0 Å². The van der Waals surface area contributed by atoms with Crippen molar-refractivity contribution in [2.24, 2.45) is 0 Å². The fourth-order valence-corrected chi connectivity index (χ4v) is 1.84. The third-order valence-corrected chi connectivity index (χ3v) is 2.46. The van der Waals surface area contributed by atoms with E-state index >= 15 is 0 Å². The SMILES string of the molecule is Cc1cc(C)nc(NC(=S)Nc2cccnc2)c1. The normalized spacial score (nSPS) is 9.89. The Kier molecular flexibility index (Phi) is 3.84. The minimum Gasteiger partial charge on any atom is -0.331 e. The van der Waals surface area contributed by atoms with E-state index in [4.69, 9.17) is 12.2 Å². The molecule has 0 aliphatic carbocycles. The molecule has 0 saturated carbocycles. The lowest BCUT2D eigenvalue weighted by atomic mass is 10.2. The summed E-state index contributed by atoms with van der Waals surface area (Å²) in [5, 5.41) is 6.60. The zero-order valence-electron chi connectivity index (χ0n) is 10.3. The molecule has 2 aromatic heterocycles. The molecule has 0 saturated heterocycles. The maximum atomic E-state index is 5.21. The van der Waals surface area contributed by atoms with Crippen LogP contribution in [0.4, 0.5) is 11.5 Å². The van der Waals surface area contributed by atoms with Crippen LogP contribution in [0.1, 0.15) is 11.3 Å². The summed E-state index contributed by atoms with van der Waals surface area (Å²) in [5.41, 5.74) is 2.95. The van der Waals surface area contributed by atoms with Gasteiger partial charge in [0.1, 0.15) is 5.82 Å². The first kappa shape index (κ1) is 12.4. The molecule has 0 aliphatic heterocycles. The van der Waals surface area contributed by atoms with Crippen LogP contribution in [0.15, 0.2) is 36.7 Å². The van der Waals surface area contributed by atoms with E-state index in [0.717, 1.165) is 22.8 Å². The molecular weight excluding hydrogens is 244 g/mol. The molecule has 0 bridgehead atoms.